The van der Waals surface area contributed by atoms with Gasteiger partial charge in [0.05, 0.1) is 0 Å². The fourth-order valence-corrected chi connectivity index (χ4v) is 6.15. The van der Waals surface area contributed by atoms with Crippen molar-refractivity contribution in [2.75, 3.05) is 4.90 Å². The van der Waals surface area contributed by atoms with Crippen LogP contribution in [0, 0.1) is 0 Å². The van der Waals surface area contributed by atoms with Gasteiger partial charge in [-0.2, -0.15) is 0 Å². The molecule has 1 aromatic heterocycles. The lowest BCUT2D eigenvalue weighted by Gasteiger charge is -2.38. The summed E-state index contributed by atoms with van der Waals surface area (Å²) in [7, 11) is 0. The molecule has 0 amide bonds. The molecule has 0 radical (unpaired) electrons. The molecule has 0 atom stereocenters. The van der Waals surface area contributed by atoms with Crippen LogP contribution in [-0.4, -0.2) is 5.54 Å². The number of thiophene rings is 1. The summed E-state index contributed by atoms with van der Waals surface area (Å²) in [5.41, 5.74) is 7.30. The number of benzene rings is 5. The first-order valence-electron chi connectivity index (χ1n) is 12.4. The third kappa shape index (κ3) is 4.19. The number of hydrogen-bond acceptors (Lipinski definition) is 2. The molecule has 0 spiro atoms. The Hall–Kier alpha value is -3.88. The van der Waals surface area contributed by atoms with Gasteiger partial charge in [0.2, 0.25) is 0 Å². The average Bonchev–Trinajstić information content (AvgIpc) is 3.27. The van der Waals surface area contributed by atoms with Crippen molar-refractivity contribution in [2.24, 2.45) is 0 Å². The molecule has 0 bridgehead atoms. The fourth-order valence-electron chi connectivity index (χ4n) is 5.07. The van der Waals surface area contributed by atoms with Crippen molar-refractivity contribution in [1.82, 2.24) is 0 Å². The zero-order valence-electron chi connectivity index (χ0n) is 20.9. The van der Waals surface area contributed by atoms with Crippen molar-refractivity contribution in [1.29, 1.82) is 0 Å². The Morgan fingerprint density at radius 3 is 1.61 bits per heavy atom. The van der Waals surface area contributed by atoms with Gasteiger partial charge in [-0.3, -0.25) is 0 Å². The topological polar surface area (TPSA) is 3.24 Å². The molecule has 0 N–H and O–H groups in total. The van der Waals surface area contributed by atoms with E-state index in [1.165, 1.54) is 53.8 Å². The number of nitrogens with zero attached hydrogens (tertiary/aromatic N) is 1. The monoisotopic (exact) mass is 483 g/mol. The Labute approximate surface area is 217 Å². The van der Waals surface area contributed by atoms with E-state index in [9.17, 15) is 0 Å². The Morgan fingerprint density at radius 1 is 0.472 bits per heavy atom. The summed E-state index contributed by atoms with van der Waals surface area (Å²) < 4.78 is 2.69. The molecule has 176 valence electrons. The normalized spacial score (nSPS) is 11.8. The van der Waals surface area contributed by atoms with Gasteiger partial charge in [0, 0.05) is 37.1 Å². The summed E-state index contributed by atoms with van der Waals surface area (Å²) in [4.78, 5) is 2.42. The molecule has 1 nitrogen and oxygen atoms in total. The van der Waals surface area contributed by atoms with Crippen molar-refractivity contribution in [3.63, 3.8) is 0 Å². The first kappa shape index (κ1) is 22.6. The van der Waals surface area contributed by atoms with Crippen molar-refractivity contribution >= 4 is 42.9 Å². The number of anilines is 2. The highest BCUT2D eigenvalue weighted by molar-refractivity contribution is 7.25. The summed E-state index contributed by atoms with van der Waals surface area (Å²) in [5, 5.41) is 2.68. The van der Waals surface area contributed by atoms with E-state index in [-0.39, 0.29) is 5.54 Å². The van der Waals surface area contributed by atoms with Crippen LogP contribution in [-0.2, 0) is 0 Å². The van der Waals surface area contributed by atoms with Crippen LogP contribution >= 0.6 is 11.3 Å². The van der Waals surface area contributed by atoms with Gasteiger partial charge in [-0.25, -0.2) is 0 Å². The van der Waals surface area contributed by atoms with Gasteiger partial charge in [-0.1, -0.05) is 78.9 Å². The maximum atomic E-state index is 2.42. The maximum Gasteiger partial charge on any atom is 0.0416 e. The van der Waals surface area contributed by atoms with E-state index in [1.807, 2.05) is 11.3 Å². The standard InChI is InChI=1S/C34H29NS/c1-34(2,3)35(28-18-13-25(14-19-28)24-9-5-4-6-10-24)29-20-15-26(16-21-29)27-17-22-33-31(23-27)30-11-7-8-12-32(30)36-33/h4-23H,1-3H3. The van der Waals surface area contributed by atoms with Crippen LogP contribution in [0.2, 0.25) is 0 Å². The molecule has 0 saturated carbocycles. The van der Waals surface area contributed by atoms with Gasteiger partial charge >= 0.3 is 0 Å². The average molecular weight is 484 g/mol. The van der Waals surface area contributed by atoms with Gasteiger partial charge in [-0.15, -0.1) is 11.3 Å². The SMILES string of the molecule is CC(C)(C)N(c1ccc(-c2ccccc2)cc1)c1ccc(-c2ccc3sc4ccccc4c3c2)cc1. The predicted octanol–water partition coefficient (Wildman–Crippen LogP) is 10.3. The van der Waals surface area contributed by atoms with Crippen molar-refractivity contribution in [2.45, 2.75) is 26.3 Å². The third-order valence-electron chi connectivity index (χ3n) is 6.74. The van der Waals surface area contributed by atoms with E-state index in [2.05, 4.69) is 147 Å². The van der Waals surface area contributed by atoms with E-state index in [1.54, 1.807) is 0 Å². The molecule has 2 heteroatoms. The van der Waals surface area contributed by atoms with Crippen molar-refractivity contribution in [3.05, 3.63) is 121 Å². The van der Waals surface area contributed by atoms with E-state index in [4.69, 9.17) is 0 Å². The number of hydrogen-bond donors (Lipinski definition) is 0. The van der Waals surface area contributed by atoms with Gasteiger partial charge in [0.1, 0.15) is 0 Å². The summed E-state index contributed by atoms with van der Waals surface area (Å²) >= 11 is 1.87. The lowest BCUT2D eigenvalue weighted by atomic mass is 9.99. The van der Waals surface area contributed by atoms with E-state index >= 15 is 0 Å². The van der Waals surface area contributed by atoms with Gasteiger partial charge in [0.15, 0.2) is 0 Å². The Kier molecular flexibility index (Phi) is 5.62. The third-order valence-corrected chi connectivity index (χ3v) is 7.89. The zero-order valence-corrected chi connectivity index (χ0v) is 21.7. The van der Waals surface area contributed by atoms with Gasteiger partial charge < -0.3 is 4.90 Å². The molecule has 6 rings (SSSR count). The van der Waals surface area contributed by atoms with Crippen LogP contribution in [0.1, 0.15) is 20.8 Å². The lowest BCUT2D eigenvalue weighted by Crippen LogP contribution is -2.37. The molecule has 0 fully saturated rings. The van der Waals surface area contributed by atoms with Crippen LogP contribution in [0.4, 0.5) is 11.4 Å². The molecule has 36 heavy (non-hydrogen) atoms. The molecule has 0 aliphatic rings. The molecule has 5 aromatic carbocycles. The van der Waals surface area contributed by atoms with Crippen LogP contribution < -0.4 is 4.90 Å². The summed E-state index contributed by atoms with van der Waals surface area (Å²) in [5.74, 6) is 0. The highest BCUT2D eigenvalue weighted by atomic mass is 32.1. The Bertz CT molecular complexity index is 1640. The second-order valence-electron chi connectivity index (χ2n) is 10.3. The maximum absolute atomic E-state index is 2.42. The molecular weight excluding hydrogens is 454 g/mol. The highest BCUT2D eigenvalue weighted by Crippen LogP contribution is 2.38. The lowest BCUT2D eigenvalue weighted by molar-refractivity contribution is 0.560. The minimum absolute atomic E-state index is 0.0652. The Balaban J connectivity index is 1.34. The molecule has 1 heterocycles. The molecule has 0 aliphatic carbocycles. The molecule has 0 saturated heterocycles. The quantitative estimate of drug-likeness (QED) is 0.241. The van der Waals surface area contributed by atoms with Crippen LogP contribution in [0.25, 0.3) is 42.4 Å². The predicted molar refractivity (Wildman–Crippen MR) is 159 cm³/mol. The van der Waals surface area contributed by atoms with Crippen molar-refractivity contribution in [3.8, 4) is 22.3 Å². The fraction of sp³-hybridized carbons (Fsp3) is 0.118. The molecule has 0 aliphatic heterocycles. The Morgan fingerprint density at radius 2 is 0.972 bits per heavy atom. The van der Waals surface area contributed by atoms with Gasteiger partial charge in [0.25, 0.3) is 0 Å². The number of fused-ring (bicyclic) bond motifs is 3. The van der Waals surface area contributed by atoms with Crippen LogP contribution in [0.3, 0.4) is 0 Å². The molecule has 0 unspecified atom stereocenters. The zero-order chi connectivity index (χ0) is 24.7. The minimum Gasteiger partial charge on any atom is -0.336 e. The first-order valence-corrected chi connectivity index (χ1v) is 13.3. The summed E-state index contributed by atoms with van der Waals surface area (Å²) in [6.07, 6.45) is 0. The first-order chi connectivity index (χ1) is 17.5. The highest BCUT2D eigenvalue weighted by Gasteiger charge is 2.23. The van der Waals surface area contributed by atoms with Gasteiger partial charge in [-0.05, 0) is 85.5 Å². The summed E-state index contributed by atoms with van der Waals surface area (Å²) in [6, 6.07) is 44.0. The van der Waals surface area contributed by atoms with E-state index in [0.717, 1.165) is 0 Å². The van der Waals surface area contributed by atoms with E-state index in [0.29, 0.717) is 0 Å². The molecular formula is C34H29NS. The van der Waals surface area contributed by atoms with Crippen LogP contribution in [0.5, 0.6) is 0 Å². The largest absolute Gasteiger partial charge is 0.336 e. The summed E-state index contributed by atoms with van der Waals surface area (Å²) in [6.45, 7) is 6.80. The molecule has 6 aromatic rings. The van der Waals surface area contributed by atoms with Crippen LogP contribution in [0.15, 0.2) is 121 Å². The second-order valence-corrected chi connectivity index (χ2v) is 11.4. The second kappa shape index (κ2) is 8.96. The minimum atomic E-state index is -0.0652. The van der Waals surface area contributed by atoms with E-state index < -0.39 is 0 Å². The van der Waals surface area contributed by atoms with Crippen molar-refractivity contribution < 1.29 is 0 Å². The smallest absolute Gasteiger partial charge is 0.0416 e. The number of rotatable bonds is 4.